The Morgan fingerprint density at radius 3 is 3.00 bits per heavy atom. The van der Waals surface area contributed by atoms with Gasteiger partial charge in [0, 0.05) is 4.88 Å². The second kappa shape index (κ2) is 4.59. The van der Waals surface area contributed by atoms with E-state index in [9.17, 15) is 4.79 Å². The van der Waals surface area contributed by atoms with E-state index in [0.717, 1.165) is 8.66 Å². The number of halogens is 1. The molecular formula is C7H8BrNO2S. The van der Waals surface area contributed by atoms with Gasteiger partial charge in [-0.05, 0) is 28.1 Å². The number of hydrogen-bond donors (Lipinski definition) is 1. The number of amides is 1. The van der Waals surface area contributed by atoms with Gasteiger partial charge in [-0.25, -0.2) is 5.48 Å². The molecule has 0 spiro atoms. The first-order valence-electron chi connectivity index (χ1n) is 3.28. The lowest BCUT2D eigenvalue weighted by atomic mass is 10.3. The molecule has 0 radical (unpaired) electrons. The third-order valence-corrected chi connectivity index (χ3v) is 2.80. The van der Waals surface area contributed by atoms with Gasteiger partial charge in [-0.3, -0.25) is 9.63 Å². The standard InChI is InChI=1S/C7H8BrNO2S/c1-11-9-7(10)4-5-2-3-6(8)12-5/h2-3H,4H2,1H3,(H,9,10). The summed E-state index contributed by atoms with van der Waals surface area (Å²) in [5, 5.41) is 0. The van der Waals surface area contributed by atoms with Crippen LogP contribution >= 0.6 is 27.3 Å². The minimum atomic E-state index is -0.133. The quantitative estimate of drug-likeness (QED) is 0.829. The number of carbonyl (C=O) groups excluding carboxylic acids is 1. The van der Waals surface area contributed by atoms with Crippen LogP contribution in [0.2, 0.25) is 0 Å². The summed E-state index contributed by atoms with van der Waals surface area (Å²) in [5.41, 5.74) is 2.26. The Kier molecular flexibility index (Phi) is 3.71. The van der Waals surface area contributed by atoms with E-state index < -0.39 is 0 Å². The fraction of sp³-hybridized carbons (Fsp3) is 0.286. The Balaban J connectivity index is 2.46. The maximum Gasteiger partial charge on any atom is 0.248 e. The van der Waals surface area contributed by atoms with Gasteiger partial charge in [0.1, 0.15) is 0 Å². The normalized spacial score (nSPS) is 9.83. The number of hydroxylamine groups is 1. The molecule has 0 saturated carbocycles. The average Bonchev–Trinajstić information content (AvgIpc) is 2.36. The summed E-state index contributed by atoms with van der Waals surface area (Å²) < 4.78 is 1.03. The third-order valence-electron chi connectivity index (χ3n) is 1.18. The van der Waals surface area contributed by atoms with Crippen molar-refractivity contribution in [3.05, 3.63) is 20.8 Å². The molecule has 1 rings (SSSR count). The van der Waals surface area contributed by atoms with Crippen LogP contribution < -0.4 is 5.48 Å². The van der Waals surface area contributed by atoms with Crippen molar-refractivity contribution in [3.8, 4) is 0 Å². The summed E-state index contributed by atoms with van der Waals surface area (Å²) in [5.74, 6) is -0.133. The molecule has 1 aromatic rings. The number of thiophene rings is 1. The molecule has 1 heterocycles. The van der Waals surface area contributed by atoms with Crippen LogP contribution in [0.1, 0.15) is 4.88 Å². The molecule has 0 atom stereocenters. The zero-order valence-electron chi connectivity index (χ0n) is 6.46. The molecule has 1 amide bonds. The molecule has 0 aliphatic rings. The van der Waals surface area contributed by atoms with Crippen LogP contribution in [0.4, 0.5) is 0 Å². The highest BCUT2D eigenvalue weighted by Gasteiger charge is 2.04. The fourth-order valence-electron chi connectivity index (χ4n) is 0.755. The maximum atomic E-state index is 11.0. The van der Waals surface area contributed by atoms with Gasteiger partial charge in [-0.2, -0.15) is 0 Å². The van der Waals surface area contributed by atoms with Gasteiger partial charge >= 0.3 is 0 Å². The Morgan fingerprint density at radius 2 is 2.50 bits per heavy atom. The van der Waals surface area contributed by atoms with Crippen LogP contribution in [0.3, 0.4) is 0 Å². The van der Waals surface area contributed by atoms with E-state index in [2.05, 4.69) is 26.2 Å². The van der Waals surface area contributed by atoms with Gasteiger partial charge in [-0.1, -0.05) is 0 Å². The lowest BCUT2D eigenvalue weighted by molar-refractivity contribution is -0.130. The summed E-state index contributed by atoms with van der Waals surface area (Å²) in [6.07, 6.45) is 0.365. The van der Waals surface area contributed by atoms with Gasteiger partial charge in [-0.15, -0.1) is 11.3 Å². The van der Waals surface area contributed by atoms with Gasteiger partial charge in [0.2, 0.25) is 5.91 Å². The summed E-state index contributed by atoms with van der Waals surface area (Å²) >= 11 is 4.86. The van der Waals surface area contributed by atoms with Crippen molar-refractivity contribution in [3.63, 3.8) is 0 Å². The summed E-state index contributed by atoms with van der Waals surface area (Å²) in [6.45, 7) is 0. The summed E-state index contributed by atoms with van der Waals surface area (Å²) in [4.78, 5) is 16.5. The van der Waals surface area contributed by atoms with E-state index in [0.29, 0.717) is 6.42 Å². The molecular weight excluding hydrogens is 242 g/mol. The lowest BCUT2D eigenvalue weighted by Crippen LogP contribution is -2.23. The maximum absolute atomic E-state index is 11.0. The van der Waals surface area contributed by atoms with Gasteiger partial charge in [0.05, 0.1) is 17.3 Å². The minimum absolute atomic E-state index is 0.133. The largest absolute Gasteiger partial charge is 0.277 e. The lowest BCUT2D eigenvalue weighted by Gasteiger charge is -1.98. The Morgan fingerprint density at radius 1 is 1.75 bits per heavy atom. The molecule has 1 aromatic heterocycles. The fourth-order valence-corrected chi connectivity index (χ4v) is 2.24. The molecule has 5 heteroatoms. The van der Waals surface area contributed by atoms with Crippen LogP contribution in [0, 0.1) is 0 Å². The Hall–Kier alpha value is -0.390. The van der Waals surface area contributed by atoms with Gasteiger partial charge in [0.15, 0.2) is 0 Å². The summed E-state index contributed by atoms with van der Waals surface area (Å²) in [7, 11) is 1.42. The summed E-state index contributed by atoms with van der Waals surface area (Å²) in [6, 6.07) is 3.82. The average molecular weight is 250 g/mol. The van der Waals surface area contributed by atoms with Crippen LogP contribution in [-0.4, -0.2) is 13.0 Å². The smallest absolute Gasteiger partial charge is 0.248 e. The third kappa shape index (κ3) is 2.92. The molecule has 0 aliphatic heterocycles. The number of hydrogen-bond acceptors (Lipinski definition) is 3. The van der Waals surface area contributed by atoms with Crippen molar-refractivity contribution >= 4 is 33.2 Å². The Labute approximate surface area is 82.8 Å². The van der Waals surface area contributed by atoms with Crippen LogP contribution in [0.15, 0.2) is 15.9 Å². The van der Waals surface area contributed by atoms with Crippen molar-refractivity contribution in [1.29, 1.82) is 0 Å². The van der Waals surface area contributed by atoms with Gasteiger partial charge < -0.3 is 0 Å². The van der Waals surface area contributed by atoms with E-state index in [1.54, 1.807) is 11.3 Å². The highest BCUT2D eigenvalue weighted by molar-refractivity contribution is 9.11. The van der Waals surface area contributed by atoms with Crippen molar-refractivity contribution in [2.24, 2.45) is 0 Å². The predicted molar refractivity (Wildman–Crippen MR) is 50.9 cm³/mol. The first-order valence-corrected chi connectivity index (χ1v) is 4.89. The van der Waals surface area contributed by atoms with E-state index >= 15 is 0 Å². The number of nitrogens with one attached hydrogen (secondary N) is 1. The van der Waals surface area contributed by atoms with Crippen molar-refractivity contribution in [2.75, 3.05) is 7.11 Å². The zero-order chi connectivity index (χ0) is 8.97. The van der Waals surface area contributed by atoms with Crippen LogP contribution in [-0.2, 0) is 16.1 Å². The van der Waals surface area contributed by atoms with Crippen LogP contribution in [0.25, 0.3) is 0 Å². The first kappa shape index (κ1) is 9.70. The molecule has 3 nitrogen and oxygen atoms in total. The molecule has 0 bridgehead atoms. The van der Waals surface area contributed by atoms with E-state index in [1.165, 1.54) is 7.11 Å². The molecule has 66 valence electrons. The molecule has 0 fully saturated rings. The molecule has 0 aliphatic carbocycles. The molecule has 0 saturated heterocycles. The minimum Gasteiger partial charge on any atom is -0.277 e. The van der Waals surface area contributed by atoms with E-state index in [-0.39, 0.29) is 5.91 Å². The molecule has 1 N–H and O–H groups in total. The van der Waals surface area contributed by atoms with Crippen molar-refractivity contribution in [2.45, 2.75) is 6.42 Å². The van der Waals surface area contributed by atoms with Crippen molar-refractivity contribution < 1.29 is 9.63 Å². The Bertz CT molecular complexity index is 274. The monoisotopic (exact) mass is 249 g/mol. The highest BCUT2D eigenvalue weighted by Crippen LogP contribution is 2.22. The second-order valence-electron chi connectivity index (χ2n) is 2.11. The SMILES string of the molecule is CONC(=O)Cc1ccc(Br)s1. The molecule has 0 unspecified atom stereocenters. The predicted octanol–water partition coefficient (Wildman–Crippen LogP) is 1.73. The zero-order valence-corrected chi connectivity index (χ0v) is 8.87. The molecule has 12 heavy (non-hydrogen) atoms. The van der Waals surface area contributed by atoms with Crippen molar-refractivity contribution in [1.82, 2.24) is 5.48 Å². The highest BCUT2D eigenvalue weighted by atomic mass is 79.9. The molecule has 0 aromatic carbocycles. The number of carbonyl (C=O) groups is 1. The van der Waals surface area contributed by atoms with Gasteiger partial charge in [0.25, 0.3) is 0 Å². The van der Waals surface area contributed by atoms with Crippen LogP contribution in [0.5, 0.6) is 0 Å². The topological polar surface area (TPSA) is 38.3 Å². The second-order valence-corrected chi connectivity index (χ2v) is 4.66. The van der Waals surface area contributed by atoms with E-state index in [4.69, 9.17) is 0 Å². The number of rotatable bonds is 3. The van der Waals surface area contributed by atoms with E-state index in [1.807, 2.05) is 12.1 Å². The first-order chi connectivity index (χ1) is 5.72.